The lowest BCUT2D eigenvalue weighted by atomic mass is 10.0. The fraction of sp³-hybridized carbons (Fsp3) is 0.143. The van der Waals surface area contributed by atoms with Crippen LogP contribution >= 0.6 is 0 Å². The van der Waals surface area contributed by atoms with Crippen molar-refractivity contribution in [1.82, 2.24) is 0 Å². The molecule has 0 atom stereocenters. The van der Waals surface area contributed by atoms with E-state index in [4.69, 9.17) is 4.74 Å². The Hall–Kier alpha value is -3.95. The second kappa shape index (κ2) is 8.82. The molecule has 0 aromatic heterocycles. The molecule has 0 spiro atoms. The van der Waals surface area contributed by atoms with Crippen LogP contribution in [0.2, 0.25) is 0 Å². The summed E-state index contributed by atoms with van der Waals surface area (Å²) in [7, 11) is 0. The standard InChI is InChI=1S/C21H15F3N2O5/c22-21(23,24)17-11-15(26(29)30)8-9-18(17)25-19(27)12-31-20(28)10-14-6-3-5-13-4-1-2-7-16(13)14/h1-9,11H,10,12H2,(H,25,27). The molecular formula is C21H15F3N2O5. The van der Waals surface area contributed by atoms with E-state index >= 15 is 0 Å². The molecule has 0 heterocycles. The molecule has 0 aliphatic rings. The number of ether oxygens (including phenoxy) is 1. The number of carbonyl (C=O) groups excluding carboxylic acids is 2. The molecule has 3 aromatic carbocycles. The minimum Gasteiger partial charge on any atom is -0.455 e. The van der Waals surface area contributed by atoms with Gasteiger partial charge in [0, 0.05) is 12.1 Å². The van der Waals surface area contributed by atoms with Crippen LogP contribution in [0.5, 0.6) is 0 Å². The van der Waals surface area contributed by atoms with Crippen LogP contribution in [0.25, 0.3) is 10.8 Å². The molecule has 0 aliphatic heterocycles. The molecule has 1 amide bonds. The van der Waals surface area contributed by atoms with Gasteiger partial charge in [-0.05, 0) is 22.4 Å². The van der Waals surface area contributed by atoms with Crippen molar-refractivity contribution in [2.24, 2.45) is 0 Å². The van der Waals surface area contributed by atoms with Crippen LogP contribution in [0.3, 0.4) is 0 Å². The maximum atomic E-state index is 13.2. The van der Waals surface area contributed by atoms with Crippen molar-refractivity contribution < 1.29 is 32.4 Å². The minimum absolute atomic E-state index is 0.125. The highest BCUT2D eigenvalue weighted by molar-refractivity contribution is 5.94. The third-order valence-corrected chi connectivity index (χ3v) is 4.37. The number of nitrogens with one attached hydrogen (secondary N) is 1. The molecule has 0 aliphatic carbocycles. The van der Waals surface area contributed by atoms with Gasteiger partial charge < -0.3 is 10.1 Å². The van der Waals surface area contributed by atoms with E-state index in [2.05, 4.69) is 0 Å². The zero-order valence-corrected chi connectivity index (χ0v) is 15.8. The summed E-state index contributed by atoms with van der Waals surface area (Å²) >= 11 is 0. The number of anilines is 1. The average molecular weight is 432 g/mol. The summed E-state index contributed by atoms with van der Waals surface area (Å²) in [5, 5.41) is 14.4. The topological polar surface area (TPSA) is 98.5 Å². The number of non-ortho nitro benzene ring substituents is 1. The summed E-state index contributed by atoms with van der Waals surface area (Å²) in [6.45, 7) is -0.808. The van der Waals surface area contributed by atoms with Crippen molar-refractivity contribution in [3.63, 3.8) is 0 Å². The number of halogens is 3. The summed E-state index contributed by atoms with van der Waals surface area (Å²) in [5.74, 6) is -1.74. The first kappa shape index (κ1) is 21.8. The Morgan fingerprint density at radius 1 is 1.03 bits per heavy atom. The second-order valence-electron chi connectivity index (χ2n) is 6.51. The molecule has 7 nitrogen and oxygen atoms in total. The first-order valence-corrected chi connectivity index (χ1v) is 8.93. The van der Waals surface area contributed by atoms with Crippen LogP contribution in [-0.2, 0) is 26.9 Å². The lowest BCUT2D eigenvalue weighted by Gasteiger charge is -2.13. The summed E-state index contributed by atoms with van der Waals surface area (Å²) in [6.07, 6.45) is -5.06. The SMILES string of the molecule is O=C(COC(=O)Cc1cccc2ccccc12)Nc1ccc([N+](=O)[O-])cc1C(F)(F)F. The third kappa shape index (κ3) is 5.35. The van der Waals surface area contributed by atoms with E-state index in [1.54, 1.807) is 12.1 Å². The van der Waals surface area contributed by atoms with Gasteiger partial charge in [0.05, 0.1) is 22.6 Å². The number of hydrogen-bond acceptors (Lipinski definition) is 5. The summed E-state index contributed by atoms with van der Waals surface area (Å²) < 4.78 is 44.4. The smallest absolute Gasteiger partial charge is 0.418 e. The predicted molar refractivity (Wildman–Crippen MR) is 105 cm³/mol. The second-order valence-corrected chi connectivity index (χ2v) is 6.51. The van der Waals surface area contributed by atoms with Gasteiger partial charge in [-0.15, -0.1) is 0 Å². The highest BCUT2D eigenvalue weighted by atomic mass is 19.4. The quantitative estimate of drug-likeness (QED) is 0.352. The van der Waals surface area contributed by atoms with E-state index in [1.165, 1.54) is 0 Å². The molecule has 10 heteroatoms. The van der Waals surface area contributed by atoms with Gasteiger partial charge in [-0.25, -0.2) is 0 Å². The van der Waals surface area contributed by atoms with E-state index < -0.39 is 46.5 Å². The number of esters is 1. The Labute approximate surface area is 173 Å². The van der Waals surface area contributed by atoms with Crippen LogP contribution in [-0.4, -0.2) is 23.4 Å². The molecule has 31 heavy (non-hydrogen) atoms. The number of nitrogens with zero attached hydrogens (tertiary/aromatic N) is 1. The number of rotatable bonds is 6. The number of amides is 1. The molecule has 0 radical (unpaired) electrons. The lowest BCUT2D eigenvalue weighted by molar-refractivity contribution is -0.385. The van der Waals surface area contributed by atoms with Crippen molar-refractivity contribution in [2.45, 2.75) is 12.6 Å². The number of benzene rings is 3. The van der Waals surface area contributed by atoms with Crippen LogP contribution in [0.1, 0.15) is 11.1 Å². The van der Waals surface area contributed by atoms with Gasteiger partial charge in [0.2, 0.25) is 0 Å². The van der Waals surface area contributed by atoms with E-state index in [0.29, 0.717) is 11.6 Å². The van der Waals surface area contributed by atoms with Crippen LogP contribution in [0.4, 0.5) is 24.5 Å². The molecule has 0 bridgehead atoms. The Balaban J connectivity index is 1.65. The molecule has 0 unspecified atom stereocenters. The van der Waals surface area contributed by atoms with E-state index in [9.17, 15) is 32.9 Å². The van der Waals surface area contributed by atoms with Crippen LogP contribution in [0.15, 0.2) is 60.7 Å². The number of nitro benzene ring substituents is 1. The van der Waals surface area contributed by atoms with E-state index in [1.807, 2.05) is 35.6 Å². The summed E-state index contributed by atoms with van der Waals surface area (Å²) in [6, 6.07) is 14.7. The Bertz CT molecular complexity index is 1160. The van der Waals surface area contributed by atoms with Crippen molar-refractivity contribution >= 4 is 34.0 Å². The zero-order valence-electron chi connectivity index (χ0n) is 15.8. The monoisotopic (exact) mass is 432 g/mol. The first-order valence-electron chi connectivity index (χ1n) is 8.93. The average Bonchev–Trinajstić information content (AvgIpc) is 2.72. The molecule has 3 rings (SSSR count). The minimum atomic E-state index is -4.93. The molecule has 0 saturated heterocycles. The van der Waals surface area contributed by atoms with Gasteiger partial charge in [-0.1, -0.05) is 42.5 Å². The van der Waals surface area contributed by atoms with Gasteiger partial charge >= 0.3 is 12.1 Å². The molecule has 3 aromatic rings. The van der Waals surface area contributed by atoms with Crippen molar-refractivity contribution in [3.8, 4) is 0 Å². The number of alkyl halides is 3. The normalized spacial score (nSPS) is 11.2. The van der Waals surface area contributed by atoms with Gasteiger partial charge in [-0.3, -0.25) is 19.7 Å². The molecule has 0 fully saturated rings. The van der Waals surface area contributed by atoms with Crippen molar-refractivity contribution in [3.05, 3.63) is 81.9 Å². The van der Waals surface area contributed by atoms with Gasteiger partial charge in [0.1, 0.15) is 0 Å². The third-order valence-electron chi connectivity index (χ3n) is 4.37. The highest BCUT2D eigenvalue weighted by Gasteiger charge is 2.35. The van der Waals surface area contributed by atoms with Gasteiger partial charge in [0.25, 0.3) is 11.6 Å². The molecule has 0 saturated carbocycles. The van der Waals surface area contributed by atoms with Gasteiger partial charge in [-0.2, -0.15) is 13.2 Å². The summed E-state index contributed by atoms with van der Waals surface area (Å²) in [4.78, 5) is 33.8. The number of fused-ring (bicyclic) bond motifs is 1. The summed E-state index contributed by atoms with van der Waals surface area (Å²) in [5.41, 5.74) is -2.14. The maximum absolute atomic E-state index is 13.2. The molecule has 160 valence electrons. The zero-order chi connectivity index (χ0) is 22.6. The van der Waals surface area contributed by atoms with Crippen LogP contribution in [0, 0.1) is 10.1 Å². The number of carbonyl (C=O) groups is 2. The first-order chi connectivity index (χ1) is 14.6. The highest BCUT2D eigenvalue weighted by Crippen LogP contribution is 2.37. The van der Waals surface area contributed by atoms with Crippen molar-refractivity contribution in [2.75, 3.05) is 11.9 Å². The fourth-order valence-electron chi connectivity index (χ4n) is 2.97. The number of nitro groups is 1. The largest absolute Gasteiger partial charge is 0.455 e. The lowest BCUT2D eigenvalue weighted by Crippen LogP contribution is -2.23. The predicted octanol–water partition coefficient (Wildman–Crippen LogP) is 4.49. The van der Waals surface area contributed by atoms with Gasteiger partial charge in [0.15, 0.2) is 6.61 Å². The Morgan fingerprint density at radius 3 is 2.45 bits per heavy atom. The van der Waals surface area contributed by atoms with Crippen LogP contribution < -0.4 is 5.32 Å². The molecular weight excluding hydrogens is 417 g/mol. The Morgan fingerprint density at radius 2 is 1.74 bits per heavy atom. The van der Waals surface area contributed by atoms with E-state index in [0.717, 1.165) is 22.9 Å². The maximum Gasteiger partial charge on any atom is 0.418 e. The Kier molecular flexibility index (Phi) is 6.19. The number of hydrogen-bond donors (Lipinski definition) is 1. The van der Waals surface area contributed by atoms with Crippen molar-refractivity contribution in [1.29, 1.82) is 0 Å². The van der Waals surface area contributed by atoms with E-state index in [-0.39, 0.29) is 6.42 Å². The molecule has 1 N–H and O–H groups in total. The fourth-order valence-corrected chi connectivity index (χ4v) is 2.97.